The topological polar surface area (TPSA) is 125 Å². The maximum atomic E-state index is 14.5. The minimum absolute atomic E-state index is 0.0726. The first kappa shape index (κ1) is 18.4. The number of nitrogens with zero attached hydrogens (tertiary/aromatic N) is 5. The number of hydrogen-bond donors (Lipinski definition) is 3. The number of aromatic nitrogens is 5. The molecule has 10 nitrogen and oxygen atoms in total. The number of ether oxygens (including phenoxy) is 1. The van der Waals surface area contributed by atoms with Gasteiger partial charge in [-0.15, -0.1) is 5.10 Å². The van der Waals surface area contributed by atoms with Crippen LogP contribution in [0.25, 0.3) is 11.4 Å². The van der Waals surface area contributed by atoms with Gasteiger partial charge in [-0.1, -0.05) is 5.21 Å². The summed E-state index contributed by atoms with van der Waals surface area (Å²) >= 11 is 4.88. The van der Waals surface area contributed by atoms with E-state index in [1.54, 1.807) is 12.3 Å². The highest BCUT2D eigenvalue weighted by Gasteiger charge is 2.12. The highest BCUT2D eigenvalue weighted by Crippen LogP contribution is 2.18. The van der Waals surface area contributed by atoms with Gasteiger partial charge in [-0.25, -0.2) is 19.9 Å². The minimum atomic E-state index is -0.567. The summed E-state index contributed by atoms with van der Waals surface area (Å²) in [5.74, 6) is 3.96. The van der Waals surface area contributed by atoms with E-state index >= 15 is 0 Å². The molecule has 12 heteroatoms. The number of methoxy groups -OCH3 is 1. The second-order valence-electron chi connectivity index (χ2n) is 5.27. The lowest BCUT2D eigenvalue weighted by Crippen LogP contribution is -2.30. The lowest BCUT2D eigenvalue weighted by Gasteiger charge is -2.06. The summed E-state index contributed by atoms with van der Waals surface area (Å²) in [6, 6.07) is 4.49. The maximum absolute atomic E-state index is 14.5. The minimum Gasteiger partial charge on any atom is -0.474 e. The number of carbonyl (C=O) groups is 1. The Kier molecular flexibility index (Phi) is 5.38. The standard InChI is InChI=1S/C15H15FN8O2S/c1-26-15(27)18-5-9-6-24(22-21-9)10-2-3-13(11(16)4-10)23-7-12(19-8-23)14(25)20-17/h2-4,6-8H,5,17H2,1H3,(H,18,27)(H,20,25). The summed E-state index contributed by atoms with van der Waals surface area (Å²) in [4.78, 5) is 15.3. The van der Waals surface area contributed by atoms with Crippen LogP contribution in [0.2, 0.25) is 0 Å². The fourth-order valence-electron chi connectivity index (χ4n) is 2.23. The van der Waals surface area contributed by atoms with Crippen molar-refractivity contribution in [1.82, 2.24) is 35.3 Å². The van der Waals surface area contributed by atoms with E-state index in [9.17, 15) is 9.18 Å². The molecule has 0 unspecified atom stereocenters. The van der Waals surface area contributed by atoms with Crippen molar-refractivity contribution in [2.24, 2.45) is 5.84 Å². The highest BCUT2D eigenvalue weighted by atomic mass is 32.1. The van der Waals surface area contributed by atoms with Gasteiger partial charge in [0.25, 0.3) is 11.1 Å². The zero-order chi connectivity index (χ0) is 19.4. The zero-order valence-electron chi connectivity index (χ0n) is 14.1. The summed E-state index contributed by atoms with van der Waals surface area (Å²) < 4.78 is 22.2. The number of nitrogens with two attached hydrogens (primary N) is 1. The van der Waals surface area contributed by atoms with Crippen LogP contribution >= 0.6 is 12.2 Å². The second kappa shape index (κ2) is 7.88. The predicted molar refractivity (Wildman–Crippen MR) is 96.5 cm³/mol. The van der Waals surface area contributed by atoms with Crippen LogP contribution in [0.4, 0.5) is 4.39 Å². The number of rotatable bonds is 5. The highest BCUT2D eigenvalue weighted by molar-refractivity contribution is 7.80. The quantitative estimate of drug-likeness (QED) is 0.244. The van der Waals surface area contributed by atoms with Crippen molar-refractivity contribution < 1.29 is 13.9 Å². The Morgan fingerprint density at radius 1 is 1.41 bits per heavy atom. The van der Waals surface area contributed by atoms with E-state index in [2.05, 4.69) is 20.6 Å². The van der Waals surface area contributed by atoms with Crippen LogP contribution in [-0.4, -0.2) is 42.7 Å². The van der Waals surface area contributed by atoms with Crippen LogP contribution in [0.15, 0.2) is 36.9 Å². The van der Waals surface area contributed by atoms with Gasteiger partial charge in [-0.3, -0.25) is 10.2 Å². The number of nitrogens with one attached hydrogen (secondary N) is 2. The third-order valence-corrected chi connectivity index (χ3v) is 3.87. The first-order valence-electron chi connectivity index (χ1n) is 7.60. The van der Waals surface area contributed by atoms with Crippen molar-refractivity contribution in [3.05, 3.63) is 54.1 Å². The van der Waals surface area contributed by atoms with E-state index in [1.807, 2.05) is 5.43 Å². The molecule has 1 aromatic carbocycles. The number of thiocarbonyl (C=S) groups is 1. The number of imidazole rings is 1. The van der Waals surface area contributed by atoms with E-state index in [-0.39, 0.29) is 16.6 Å². The normalized spacial score (nSPS) is 10.5. The van der Waals surface area contributed by atoms with Gasteiger partial charge < -0.3 is 14.6 Å². The van der Waals surface area contributed by atoms with Crippen molar-refractivity contribution in [3.63, 3.8) is 0 Å². The number of nitrogen functional groups attached to an aromatic ring is 1. The molecule has 0 atom stereocenters. The van der Waals surface area contributed by atoms with Crippen LogP contribution in [0, 0.1) is 5.82 Å². The molecule has 3 rings (SSSR count). The van der Waals surface area contributed by atoms with Gasteiger partial charge in [0.1, 0.15) is 23.5 Å². The van der Waals surface area contributed by atoms with Gasteiger partial charge in [-0.2, -0.15) is 0 Å². The third kappa shape index (κ3) is 4.07. The molecule has 2 aromatic heterocycles. The van der Waals surface area contributed by atoms with E-state index in [1.165, 1.54) is 41.0 Å². The number of carbonyl (C=O) groups excluding carboxylic acids is 1. The number of hydrazine groups is 1. The van der Waals surface area contributed by atoms with Crippen LogP contribution in [0.3, 0.4) is 0 Å². The molecule has 3 aromatic rings. The smallest absolute Gasteiger partial charge is 0.285 e. The van der Waals surface area contributed by atoms with Gasteiger partial charge in [0.2, 0.25) is 0 Å². The molecule has 0 radical (unpaired) electrons. The Bertz CT molecular complexity index is 986. The Morgan fingerprint density at radius 3 is 2.93 bits per heavy atom. The predicted octanol–water partition coefficient (Wildman–Crippen LogP) is 0.216. The number of amides is 1. The lowest BCUT2D eigenvalue weighted by molar-refractivity contribution is 0.0949. The Morgan fingerprint density at radius 2 is 2.22 bits per heavy atom. The first-order valence-corrected chi connectivity index (χ1v) is 8.01. The molecule has 0 aliphatic rings. The SMILES string of the molecule is COC(=S)NCc1cn(-c2ccc(-n3cnc(C(=O)NN)c3)c(F)c2)nn1. The average Bonchev–Trinajstić information content (AvgIpc) is 3.35. The van der Waals surface area contributed by atoms with E-state index < -0.39 is 11.7 Å². The number of halogens is 1. The molecule has 0 saturated carbocycles. The fraction of sp³-hybridized carbons (Fsp3) is 0.133. The Balaban J connectivity index is 1.79. The van der Waals surface area contributed by atoms with Crippen LogP contribution in [-0.2, 0) is 11.3 Å². The molecular weight excluding hydrogens is 375 g/mol. The van der Waals surface area contributed by atoms with Crippen molar-refractivity contribution in [1.29, 1.82) is 0 Å². The molecule has 0 bridgehead atoms. The molecule has 0 spiro atoms. The molecule has 27 heavy (non-hydrogen) atoms. The van der Waals surface area contributed by atoms with Gasteiger partial charge in [0, 0.05) is 12.3 Å². The van der Waals surface area contributed by atoms with E-state index in [0.717, 1.165) is 0 Å². The van der Waals surface area contributed by atoms with Gasteiger partial charge >= 0.3 is 0 Å². The second-order valence-corrected chi connectivity index (χ2v) is 5.65. The van der Waals surface area contributed by atoms with E-state index in [0.29, 0.717) is 17.9 Å². The van der Waals surface area contributed by atoms with Crippen molar-refractivity contribution in [2.45, 2.75) is 6.54 Å². The molecule has 0 saturated heterocycles. The summed E-state index contributed by atoms with van der Waals surface area (Å²) in [6.45, 7) is 0.328. The molecule has 0 fully saturated rings. The number of benzene rings is 1. The van der Waals surface area contributed by atoms with Crippen LogP contribution in [0.1, 0.15) is 16.2 Å². The summed E-state index contributed by atoms with van der Waals surface area (Å²) in [5, 5.41) is 11.0. The third-order valence-electron chi connectivity index (χ3n) is 3.56. The molecular formula is C15H15FN8O2S. The number of hydrogen-bond acceptors (Lipinski definition) is 7. The van der Waals surface area contributed by atoms with Crippen molar-refractivity contribution in [3.8, 4) is 11.4 Å². The van der Waals surface area contributed by atoms with Gasteiger partial charge in [0.15, 0.2) is 0 Å². The molecule has 0 aliphatic heterocycles. The lowest BCUT2D eigenvalue weighted by atomic mass is 10.2. The molecule has 0 aliphatic carbocycles. The molecule has 2 heterocycles. The summed E-state index contributed by atoms with van der Waals surface area (Å²) in [5.41, 5.74) is 3.34. The van der Waals surface area contributed by atoms with Crippen LogP contribution < -0.4 is 16.6 Å². The molecule has 4 N–H and O–H groups in total. The maximum Gasteiger partial charge on any atom is 0.285 e. The van der Waals surface area contributed by atoms with Gasteiger partial charge in [-0.05, 0) is 24.4 Å². The summed E-state index contributed by atoms with van der Waals surface area (Å²) in [7, 11) is 1.46. The molecule has 1 amide bonds. The van der Waals surface area contributed by atoms with E-state index in [4.69, 9.17) is 22.8 Å². The zero-order valence-corrected chi connectivity index (χ0v) is 14.9. The largest absolute Gasteiger partial charge is 0.474 e. The van der Waals surface area contributed by atoms with Crippen molar-refractivity contribution >= 4 is 23.3 Å². The van der Waals surface area contributed by atoms with Gasteiger partial charge in [0.05, 0.1) is 31.2 Å². The first-order chi connectivity index (χ1) is 13.0. The summed E-state index contributed by atoms with van der Waals surface area (Å²) in [6.07, 6.45) is 4.33. The Labute approximate surface area is 158 Å². The monoisotopic (exact) mass is 390 g/mol. The van der Waals surface area contributed by atoms with Crippen LogP contribution in [0.5, 0.6) is 0 Å². The molecule has 140 valence electrons. The average molecular weight is 390 g/mol. The fourth-order valence-corrected chi connectivity index (χ4v) is 2.31. The Hall–Kier alpha value is -3.38. The van der Waals surface area contributed by atoms with Crippen molar-refractivity contribution in [2.75, 3.05) is 7.11 Å².